The van der Waals surface area contributed by atoms with Crippen LogP contribution in [0.4, 0.5) is 0 Å². The quantitative estimate of drug-likeness (QED) is 0.312. The van der Waals surface area contributed by atoms with E-state index in [1.54, 1.807) is 0 Å². The molecule has 0 saturated heterocycles. The zero-order chi connectivity index (χ0) is 14.4. The third-order valence-electron chi connectivity index (χ3n) is 3.72. The van der Waals surface area contributed by atoms with Gasteiger partial charge in [0, 0.05) is 29.7 Å². The molecule has 0 heterocycles. The summed E-state index contributed by atoms with van der Waals surface area (Å²) in [5, 5.41) is 0. The summed E-state index contributed by atoms with van der Waals surface area (Å²) in [5.41, 5.74) is 0. The van der Waals surface area contributed by atoms with Gasteiger partial charge in [0.15, 0.2) is 0 Å². The van der Waals surface area contributed by atoms with Gasteiger partial charge in [-0.3, -0.25) is 4.57 Å². The fraction of sp³-hybridized carbons (Fsp3) is 1.00. The van der Waals surface area contributed by atoms with Crippen LogP contribution in [0.1, 0.15) is 90.9 Å². The molecule has 0 atom stereocenters. The van der Waals surface area contributed by atoms with Gasteiger partial charge in [0.1, 0.15) is 0 Å². The van der Waals surface area contributed by atoms with Gasteiger partial charge in [0.05, 0.1) is 0 Å². The monoisotopic (exact) mass is 342 g/mol. The summed E-state index contributed by atoms with van der Waals surface area (Å²) >= 11 is 0. The zero-order valence-electron chi connectivity index (χ0n) is 13.6. The van der Waals surface area contributed by atoms with E-state index in [9.17, 15) is 9.46 Å². The van der Waals surface area contributed by atoms with Crippen molar-refractivity contribution in [3.63, 3.8) is 0 Å². The van der Waals surface area contributed by atoms with Gasteiger partial charge in [-0.15, -0.1) is 0 Å². The van der Waals surface area contributed by atoms with Gasteiger partial charge < -0.3 is 4.89 Å². The molecular formula is C16H35CrO2P. The van der Waals surface area contributed by atoms with Crippen molar-refractivity contribution in [3.8, 4) is 0 Å². The smallest absolute Gasteiger partial charge is 0.200 e. The summed E-state index contributed by atoms with van der Waals surface area (Å²) in [6, 6.07) is 0. The molecule has 0 bridgehead atoms. The minimum atomic E-state index is -2.80. The van der Waals surface area contributed by atoms with Gasteiger partial charge in [-0.05, 0) is 12.8 Å². The Labute approximate surface area is 137 Å². The van der Waals surface area contributed by atoms with Crippen LogP contribution in [0.5, 0.6) is 0 Å². The molecule has 0 aliphatic heterocycles. The summed E-state index contributed by atoms with van der Waals surface area (Å²) < 4.78 is 11.9. The van der Waals surface area contributed by atoms with Crippen molar-refractivity contribution >= 4 is 7.37 Å². The van der Waals surface area contributed by atoms with Gasteiger partial charge in [-0.2, -0.15) is 0 Å². The van der Waals surface area contributed by atoms with Crippen LogP contribution in [-0.4, -0.2) is 17.2 Å². The second-order valence-corrected chi connectivity index (χ2v) is 8.42. The Morgan fingerprint density at radius 1 is 0.650 bits per heavy atom. The Kier molecular flexibility index (Phi) is 18.5. The van der Waals surface area contributed by atoms with Crippen molar-refractivity contribution in [1.82, 2.24) is 0 Å². The first-order valence-corrected chi connectivity index (χ1v) is 10.5. The van der Waals surface area contributed by atoms with Crippen LogP contribution in [0.2, 0.25) is 0 Å². The first-order chi connectivity index (χ1) is 9.12. The fourth-order valence-corrected chi connectivity index (χ4v) is 4.05. The topological polar surface area (TPSA) is 37.3 Å². The largest absolute Gasteiger partial charge is 0.344 e. The van der Waals surface area contributed by atoms with Gasteiger partial charge >= 0.3 is 0 Å². The number of hydrogen-bond donors (Lipinski definition) is 1. The van der Waals surface area contributed by atoms with E-state index in [-0.39, 0.29) is 17.4 Å². The van der Waals surface area contributed by atoms with E-state index in [2.05, 4.69) is 13.8 Å². The average molecular weight is 342 g/mol. The molecular weight excluding hydrogens is 307 g/mol. The molecule has 20 heavy (non-hydrogen) atoms. The van der Waals surface area contributed by atoms with E-state index in [4.69, 9.17) is 0 Å². The SMILES string of the molecule is CCCCCCCCP(=O)(O)CCCCCCCC.[Cr]. The summed E-state index contributed by atoms with van der Waals surface area (Å²) in [6.07, 6.45) is 15.4. The van der Waals surface area contributed by atoms with Gasteiger partial charge in [0.2, 0.25) is 7.37 Å². The van der Waals surface area contributed by atoms with Crippen molar-refractivity contribution in [3.05, 3.63) is 0 Å². The molecule has 122 valence electrons. The van der Waals surface area contributed by atoms with Gasteiger partial charge in [0.25, 0.3) is 0 Å². The summed E-state index contributed by atoms with van der Waals surface area (Å²) in [7, 11) is -2.80. The molecule has 0 aromatic carbocycles. The standard InChI is InChI=1S/C16H35O2P.Cr/c1-3-5-7-9-11-13-15-19(17,18)16-14-12-10-8-6-4-2;/h3-16H2,1-2H3,(H,17,18);. The van der Waals surface area contributed by atoms with Crippen molar-refractivity contribution in [1.29, 1.82) is 0 Å². The summed E-state index contributed by atoms with van der Waals surface area (Å²) in [4.78, 5) is 9.88. The molecule has 0 radical (unpaired) electrons. The molecule has 0 saturated carbocycles. The van der Waals surface area contributed by atoms with Crippen LogP contribution in [0.15, 0.2) is 0 Å². The van der Waals surface area contributed by atoms with Crippen molar-refractivity contribution in [2.75, 3.05) is 12.3 Å². The van der Waals surface area contributed by atoms with Crippen molar-refractivity contribution in [2.24, 2.45) is 0 Å². The maximum atomic E-state index is 11.9. The zero-order valence-corrected chi connectivity index (χ0v) is 15.8. The Bertz CT molecular complexity index is 215. The van der Waals surface area contributed by atoms with E-state index >= 15 is 0 Å². The van der Waals surface area contributed by atoms with Crippen LogP contribution in [-0.2, 0) is 21.9 Å². The molecule has 1 N–H and O–H groups in total. The van der Waals surface area contributed by atoms with E-state index in [1.165, 1.54) is 51.4 Å². The Morgan fingerprint density at radius 3 is 1.30 bits per heavy atom. The van der Waals surface area contributed by atoms with E-state index in [0.717, 1.165) is 25.7 Å². The first-order valence-electron chi connectivity index (χ1n) is 8.43. The molecule has 2 nitrogen and oxygen atoms in total. The molecule has 0 fully saturated rings. The second kappa shape index (κ2) is 16.1. The van der Waals surface area contributed by atoms with E-state index in [1.807, 2.05) is 0 Å². The third-order valence-corrected chi connectivity index (χ3v) is 5.75. The van der Waals surface area contributed by atoms with Crippen molar-refractivity contribution in [2.45, 2.75) is 90.9 Å². The molecule has 0 amide bonds. The molecule has 0 aromatic heterocycles. The molecule has 0 aliphatic rings. The van der Waals surface area contributed by atoms with Crippen LogP contribution in [0.3, 0.4) is 0 Å². The van der Waals surface area contributed by atoms with Crippen LogP contribution < -0.4 is 0 Å². The summed E-state index contributed by atoms with van der Waals surface area (Å²) in [5.74, 6) is 0. The third kappa shape index (κ3) is 16.8. The minimum Gasteiger partial charge on any atom is -0.344 e. The maximum absolute atomic E-state index is 11.9. The van der Waals surface area contributed by atoms with Crippen LogP contribution in [0.25, 0.3) is 0 Å². The van der Waals surface area contributed by atoms with Crippen molar-refractivity contribution < 1.29 is 26.8 Å². The normalized spacial score (nSPS) is 11.3. The molecule has 0 rings (SSSR count). The molecule has 0 aromatic rings. The molecule has 4 heteroatoms. The van der Waals surface area contributed by atoms with Crippen LogP contribution >= 0.6 is 7.37 Å². The Balaban J connectivity index is 0. The number of unbranched alkanes of at least 4 members (excludes halogenated alkanes) is 10. The predicted octanol–water partition coefficient (Wildman–Crippen LogP) is 5.98. The Hall–Kier alpha value is 0.722. The average Bonchev–Trinajstić information content (AvgIpc) is 2.38. The first kappa shape index (κ1) is 23.0. The predicted molar refractivity (Wildman–Crippen MR) is 86.3 cm³/mol. The van der Waals surface area contributed by atoms with E-state index < -0.39 is 7.37 Å². The molecule has 0 unspecified atom stereocenters. The number of rotatable bonds is 14. The van der Waals surface area contributed by atoms with Gasteiger partial charge in [-0.1, -0.05) is 78.1 Å². The van der Waals surface area contributed by atoms with E-state index in [0.29, 0.717) is 12.3 Å². The molecule has 0 spiro atoms. The maximum Gasteiger partial charge on any atom is 0.200 e. The molecule has 0 aliphatic carbocycles. The van der Waals surface area contributed by atoms with Gasteiger partial charge in [-0.25, -0.2) is 0 Å². The minimum absolute atomic E-state index is 0. The summed E-state index contributed by atoms with van der Waals surface area (Å²) in [6.45, 7) is 4.42. The second-order valence-electron chi connectivity index (χ2n) is 5.83. The Morgan fingerprint density at radius 2 is 0.950 bits per heavy atom. The fourth-order valence-electron chi connectivity index (χ4n) is 2.39. The van der Waals surface area contributed by atoms with Crippen LogP contribution in [0, 0.1) is 0 Å². The number of hydrogen-bond acceptors (Lipinski definition) is 1.